The van der Waals surface area contributed by atoms with E-state index < -0.39 is 47.0 Å². The zero-order valence-electron chi connectivity index (χ0n) is 9.73. The van der Waals surface area contributed by atoms with Gasteiger partial charge < -0.3 is 0 Å². The first-order valence-corrected chi connectivity index (χ1v) is 6.84. The van der Waals surface area contributed by atoms with Crippen molar-refractivity contribution in [1.29, 1.82) is 0 Å². The first kappa shape index (κ1) is 24.0. The largest absolute Gasteiger partial charge is 1.00 e. The van der Waals surface area contributed by atoms with Gasteiger partial charge in [0.25, 0.3) is 10.0 Å². The number of sulfonamides is 2. The molecule has 0 heterocycles. The fourth-order valence-corrected chi connectivity index (χ4v) is 2.98. The van der Waals surface area contributed by atoms with Gasteiger partial charge >= 0.3 is 51.7 Å². The molecule has 128 valence electrons. The van der Waals surface area contributed by atoms with Gasteiger partial charge in [-0.1, -0.05) is 4.13 Å². The molecule has 0 fully saturated rings. The Hall–Kier alpha value is -0.243. The molecule has 0 radical (unpaired) electrons. The van der Waals surface area contributed by atoms with Crippen LogP contribution in [-0.4, -0.2) is 39.7 Å². The van der Waals surface area contributed by atoms with Crippen LogP contribution in [0.4, 0.5) is 43.9 Å². The van der Waals surface area contributed by atoms with Crippen LogP contribution in [0.2, 0.25) is 0 Å². The summed E-state index contributed by atoms with van der Waals surface area (Å²) in [4.78, 5) is 0. The van der Waals surface area contributed by atoms with E-state index >= 15 is 0 Å². The van der Waals surface area contributed by atoms with Crippen molar-refractivity contribution in [3.8, 4) is 0 Å². The molecule has 0 bridgehead atoms. The Labute approximate surface area is 127 Å². The summed E-state index contributed by atoms with van der Waals surface area (Å²) in [6, 6.07) is 0. The third kappa shape index (κ3) is 3.99. The normalized spacial score (nSPS) is 15.4. The quantitative estimate of drug-likeness (QED) is 0.472. The molecule has 1 N–H and O–H groups in total. The molecule has 0 aromatic carbocycles. The molecule has 0 atom stereocenters. The summed E-state index contributed by atoms with van der Waals surface area (Å²) < 4.78 is 160. The minimum Gasteiger partial charge on any atom is -0.205 e. The van der Waals surface area contributed by atoms with Gasteiger partial charge in [-0.2, -0.15) is 43.9 Å². The maximum atomic E-state index is 12.6. The summed E-state index contributed by atoms with van der Waals surface area (Å²) >= 11 is 0. The van der Waals surface area contributed by atoms with Crippen molar-refractivity contribution in [3.05, 3.63) is 0 Å². The van der Waals surface area contributed by atoms with Crippen LogP contribution < -0.4 is 23.0 Å². The fraction of sp³-hybridized carbons (Fsp3) is 1.00. The van der Waals surface area contributed by atoms with Crippen LogP contribution in [0.15, 0.2) is 0 Å². The summed E-state index contributed by atoms with van der Waals surface area (Å²) in [5.41, 5.74) is -6.55. The van der Waals surface area contributed by atoms with Crippen molar-refractivity contribution >= 4 is 20.0 Å². The Kier molecular flexibility index (Phi) is 6.55. The van der Waals surface area contributed by atoms with Gasteiger partial charge in [0.1, 0.15) is 0 Å². The van der Waals surface area contributed by atoms with Crippen LogP contribution in [-0.2, 0) is 20.0 Å². The topological polar surface area (TPSA) is 80.3 Å². The molecule has 5 nitrogen and oxygen atoms in total. The summed E-state index contributed by atoms with van der Waals surface area (Å²) in [6.07, 6.45) is -7.19. The number of hydrogen-bond acceptors (Lipinski definition) is 4. The SMILES string of the molecule is O=S(=O)(NS(=O)(=O)C(F)(F)C(F)(F)C(F)(F)F)C(F)(F)F.[Li+]. The molecule has 0 spiro atoms. The predicted octanol–water partition coefficient (Wildman–Crippen LogP) is -1.45. The van der Waals surface area contributed by atoms with E-state index in [0.717, 1.165) is 0 Å². The third-order valence-electron chi connectivity index (χ3n) is 1.58. The van der Waals surface area contributed by atoms with Crippen molar-refractivity contribution in [1.82, 2.24) is 4.13 Å². The zero-order valence-corrected chi connectivity index (χ0v) is 11.4. The summed E-state index contributed by atoms with van der Waals surface area (Å²) in [7, 11) is -14.8. The van der Waals surface area contributed by atoms with Crippen LogP contribution in [0.25, 0.3) is 0 Å². The molecule has 0 saturated heterocycles. The van der Waals surface area contributed by atoms with Crippen molar-refractivity contribution in [2.24, 2.45) is 0 Å². The van der Waals surface area contributed by atoms with Gasteiger partial charge in [0.05, 0.1) is 0 Å². The standard InChI is InChI=1S/C4HF10NO4S2.Li/c5-1(6,2(7,8)9)3(10,11)20(16,17)15-21(18,19)4(12,13)14;/h15H;/q;+1. The van der Waals surface area contributed by atoms with Crippen molar-refractivity contribution < 1.29 is 79.6 Å². The van der Waals surface area contributed by atoms with E-state index in [4.69, 9.17) is 0 Å². The summed E-state index contributed by atoms with van der Waals surface area (Å²) in [6.45, 7) is 0. The number of alkyl halides is 10. The van der Waals surface area contributed by atoms with E-state index in [1.165, 1.54) is 0 Å². The van der Waals surface area contributed by atoms with Crippen LogP contribution >= 0.6 is 0 Å². The summed E-state index contributed by atoms with van der Waals surface area (Å²) in [5, 5.41) is -7.23. The van der Waals surface area contributed by atoms with Gasteiger partial charge in [-0.15, -0.1) is 0 Å². The number of rotatable bonds is 4. The van der Waals surface area contributed by atoms with E-state index in [9.17, 15) is 60.7 Å². The number of halogens is 10. The van der Waals surface area contributed by atoms with Gasteiger partial charge in [0.2, 0.25) is 0 Å². The average molecular weight is 388 g/mol. The van der Waals surface area contributed by atoms with E-state index in [-0.39, 0.29) is 18.9 Å². The molecular weight excluding hydrogens is 387 g/mol. The van der Waals surface area contributed by atoms with Gasteiger partial charge in [0.15, 0.2) is 0 Å². The second-order valence-electron chi connectivity index (χ2n) is 3.12. The monoisotopic (exact) mass is 388 g/mol. The van der Waals surface area contributed by atoms with Crippen molar-refractivity contribution in [2.75, 3.05) is 0 Å². The van der Waals surface area contributed by atoms with Gasteiger partial charge in [-0.05, 0) is 0 Å². The third-order valence-corrected chi connectivity index (χ3v) is 4.88. The van der Waals surface area contributed by atoms with Crippen molar-refractivity contribution in [2.45, 2.75) is 22.9 Å². The molecule has 0 aromatic rings. The smallest absolute Gasteiger partial charge is 0.205 e. The Morgan fingerprint density at radius 3 is 1.18 bits per heavy atom. The van der Waals surface area contributed by atoms with Gasteiger partial charge in [-0.3, -0.25) is 0 Å². The second-order valence-corrected chi connectivity index (χ2v) is 6.78. The van der Waals surface area contributed by atoms with Crippen molar-refractivity contribution in [3.63, 3.8) is 0 Å². The first-order valence-electron chi connectivity index (χ1n) is 3.87. The van der Waals surface area contributed by atoms with Crippen LogP contribution in [0.5, 0.6) is 0 Å². The Morgan fingerprint density at radius 1 is 0.636 bits per heavy atom. The first-order chi connectivity index (χ1) is 8.71. The number of nitrogens with one attached hydrogen (secondary N) is 1. The molecule has 0 saturated carbocycles. The van der Waals surface area contributed by atoms with E-state index in [1.807, 2.05) is 0 Å². The van der Waals surface area contributed by atoms with E-state index in [2.05, 4.69) is 0 Å². The van der Waals surface area contributed by atoms with Crippen LogP contribution in [0.1, 0.15) is 0 Å². The van der Waals surface area contributed by atoms with Gasteiger partial charge in [-0.25, -0.2) is 16.8 Å². The van der Waals surface area contributed by atoms with Gasteiger partial charge in [0, 0.05) is 0 Å². The summed E-state index contributed by atoms with van der Waals surface area (Å²) in [5.74, 6) is -7.35. The zero-order chi connectivity index (χ0) is 17.7. The molecule has 0 rings (SSSR count). The molecule has 0 aliphatic carbocycles. The Balaban J connectivity index is 0. The molecular formula is C4HF10LiNO4S2+. The molecule has 0 aliphatic heterocycles. The minimum atomic E-state index is -7.60. The molecule has 22 heavy (non-hydrogen) atoms. The van der Waals surface area contributed by atoms with E-state index in [0.29, 0.717) is 0 Å². The molecule has 0 amide bonds. The maximum absolute atomic E-state index is 12.6. The van der Waals surface area contributed by atoms with Crippen LogP contribution in [0, 0.1) is 0 Å². The second kappa shape index (κ2) is 6.00. The molecule has 18 heteroatoms. The molecule has 0 unspecified atom stereocenters. The fourth-order valence-electron chi connectivity index (χ4n) is 0.578. The minimum absolute atomic E-state index is 0. The molecule has 0 aromatic heterocycles. The Morgan fingerprint density at radius 2 is 0.955 bits per heavy atom. The average Bonchev–Trinajstić information content (AvgIpc) is 2.11. The predicted molar refractivity (Wildman–Crippen MR) is 43.0 cm³/mol. The maximum Gasteiger partial charge on any atom is 1.00 e. The van der Waals surface area contributed by atoms with E-state index in [1.54, 1.807) is 0 Å². The molecule has 0 aliphatic rings. The number of hydrogen-bond donors (Lipinski definition) is 1. The Bertz CT molecular complexity index is 604. The van der Waals surface area contributed by atoms with Crippen LogP contribution in [0.3, 0.4) is 0 Å².